The predicted octanol–water partition coefficient (Wildman–Crippen LogP) is 2.23. The molecule has 5 nitrogen and oxygen atoms in total. The van der Waals surface area contributed by atoms with Crippen molar-refractivity contribution in [3.8, 4) is 0 Å². The number of benzene rings is 2. The van der Waals surface area contributed by atoms with Crippen LogP contribution in [-0.2, 0) is 15.3 Å². The number of aliphatic hydroxyl groups is 1. The van der Waals surface area contributed by atoms with Gasteiger partial charge in [-0.1, -0.05) is 60.7 Å². The van der Waals surface area contributed by atoms with Crippen molar-refractivity contribution in [2.75, 3.05) is 6.61 Å². The quantitative estimate of drug-likeness (QED) is 0.576. The van der Waals surface area contributed by atoms with Gasteiger partial charge in [-0.05, 0) is 24.7 Å². The largest absolute Gasteiger partial charge is 0.466 e. The maximum atomic E-state index is 12.8. The lowest BCUT2D eigenvalue weighted by Crippen LogP contribution is -2.65. The van der Waals surface area contributed by atoms with E-state index in [-0.39, 0.29) is 11.7 Å². The molecule has 0 spiro atoms. The van der Waals surface area contributed by atoms with Crippen LogP contribution in [0.3, 0.4) is 0 Å². The Morgan fingerprint density at radius 1 is 1.16 bits per heavy atom. The van der Waals surface area contributed by atoms with Crippen LogP contribution in [0.25, 0.3) is 0 Å². The summed E-state index contributed by atoms with van der Waals surface area (Å²) in [5.41, 5.74) is -0.271. The summed E-state index contributed by atoms with van der Waals surface area (Å²) in [6, 6.07) is 17.9. The van der Waals surface area contributed by atoms with Gasteiger partial charge < -0.3 is 20.5 Å². The Hall–Kier alpha value is -2.44. The van der Waals surface area contributed by atoms with Gasteiger partial charge in [0.15, 0.2) is 10.8 Å². The molecule has 1 aliphatic rings. The molecular formula is C19H20N2O3S. The Kier molecular flexibility index (Phi) is 5.01. The Morgan fingerprint density at radius 3 is 2.36 bits per heavy atom. The summed E-state index contributed by atoms with van der Waals surface area (Å²) >= 11 is 5.30. The van der Waals surface area contributed by atoms with Crippen LogP contribution in [0.1, 0.15) is 24.1 Å². The molecule has 0 bridgehead atoms. The number of hydrogen-bond donors (Lipinski definition) is 3. The van der Waals surface area contributed by atoms with Crippen molar-refractivity contribution in [3.63, 3.8) is 0 Å². The summed E-state index contributed by atoms with van der Waals surface area (Å²) in [6.07, 6.45) is 0. The van der Waals surface area contributed by atoms with Gasteiger partial charge in [-0.15, -0.1) is 0 Å². The molecule has 3 N–H and O–H groups in total. The number of rotatable bonds is 4. The maximum absolute atomic E-state index is 12.8. The molecule has 0 saturated carbocycles. The summed E-state index contributed by atoms with van der Waals surface area (Å²) in [6.45, 7) is 1.97. The first-order valence-electron chi connectivity index (χ1n) is 8.14. The highest BCUT2D eigenvalue weighted by Gasteiger charge is 2.52. The minimum atomic E-state index is -1.67. The second kappa shape index (κ2) is 7.21. The lowest BCUT2D eigenvalue weighted by atomic mass is 9.79. The topological polar surface area (TPSA) is 70.6 Å². The molecule has 3 rings (SSSR count). The number of thiocarbonyl (C=S) groups is 1. The first-order chi connectivity index (χ1) is 12.1. The van der Waals surface area contributed by atoms with E-state index < -0.39 is 23.7 Å². The number of ether oxygens (including phenoxy) is 1. The maximum Gasteiger partial charge on any atom is 0.316 e. The standard InChI is InChI=1S/C19H20N2O3S/c1-2-24-17(22)15-16(13-9-5-3-6-10-13)20-18(25)21-19(15,23)14-11-7-4-8-12-14/h3-12,15-16,23H,2H2,1H3,(H2,20,21,25). The molecule has 3 unspecified atom stereocenters. The molecule has 6 heteroatoms. The molecule has 0 aliphatic carbocycles. The molecule has 2 aromatic carbocycles. The molecule has 130 valence electrons. The summed E-state index contributed by atoms with van der Waals surface area (Å²) in [5.74, 6) is -1.41. The predicted molar refractivity (Wildman–Crippen MR) is 98.5 cm³/mol. The van der Waals surface area contributed by atoms with Crippen molar-refractivity contribution in [1.29, 1.82) is 0 Å². The smallest absolute Gasteiger partial charge is 0.316 e. The van der Waals surface area contributed by atoms with Gasteiger partial charge in [0.05, 0.1) is 12.6 Å². The summed E-state index contributed by atoms with van der Waals surface area (Å²) < 4.78 is 5.26. The van der Waals surface area contributed by atoms with Gasteiger partial charge >= 0.3 is 5.97 Å². The van der Waals surface area contributed by atoms with E-state index in [1.807, 2.05) is 36.4 Å². The minimum Gasteiger partial charge on any atom is -0.466 e. The highest BCUT2D eigenvalue weighted by Crippen LogP contribution is 2.39. The third-order valence-electron chi connectivity index (χ3n) is 4.29. The van der Waals surface area contributed by atoms with E-state index in [1.54, 1.807) is 31.2 Å². The SMILES string of the molecule is CCOC(=O)C1C(c2ccccc2)NC(=S)NC1(O)c1ccccc1. The van der Waals surface area contributed by atoms with Crippen LogP contribution < -0.4 is 10.6 Å². The lowest BCUT2D eigenvalue weighted by molar-refractivity contribution is -0.165. The Balaban J connectivity index is 2.11. The van der Waals surface area contributed by atoms with Gasteiger partial charge in [-0.2, -0.15) is 0 Å². The first-order valence-corrected chi connectivity index (χ1v) is 8.55. The van der Waals surface area contributed by atoms with E-state index in [4.69, 9.17) is 17.0 Å². The second-order valence-corrected chi connectivity index (χ2v) is 6.26. The summed E-state index contributed by atoms with van der Waals surface area (Å²) in [4.78, 5) is 12.8. The Morgan fingerprint density at radius 2 is 1.76 bits per heavy atom. The molecule has 1 saturated heterocycles. The summed E-state index contributed by atoms with van der Waals surface area (Å²) in [5, 5.41) is 17.7. The molecule has 1 fully saturated rings. The molecule has 3 atom stereocenters. The monoisotopic (exact) mass is 356 g/mol. The number of hydrogen-bond acceptors (Lipinski definition) is 4. The fourth-order valence-corrected chi connectivity index (χ4v) is 3.45. The van der Waals surface area contributed by atoms with E-state index in [9.17, 15) is 9.90 Å². The Bertz CT molecular complexity index is 754. The van der Waals surface area contributed by atoms with Crippen LogP contribution in [-0.4, -0.2) is 22.8 Å². The second-order valence-electron chi connectivity index (χ2n) is 5.85. The third kappa shape index (κ3) is 3.36. The van der Waals surface area contributed by atoms with Gasteiger partial charge in [-0.3, -0.25) is 4.79 Å². The van der Waals surface area contributed by atoms with Crippen molar-refractivity contribution in [3.05, 3.63) is 71.8 Å². The molecular weight excluding hydrogens is 336 g/mol. The van der Waals surface area contributed by atoms with Crippen molar-refractivity contribution < 1.29 is 14.6 Å². The van der Waals surface area contributed by atoms with Crippen LogP contribution in [0, 0.1) is 5.92 Å². The zero-order valence-corrected chi connectivity index (χ0v) is 14.6. The van der Waals surface area contributed by atoms with Crippen LogP contribution in [0.4, 0.5) is 0 Å². The van der Waals surface area contributed by atoms with Gasteiger partial charge in [0.2, 0.25) is 0 Å². The van der Waals surface area contributed by atoms with Gasteiger partial charge in [0.25, 0.3) is 0 Å². The van der Waals surface area contributed by atoms with Crippen molar-refractivity contribution >= 4 is 23.3 Å². The van der Waals surface area contributed by atoms with Crippen LogP contribution >= 0.6 is 12.2 Å². The fourth-order valence-electron chi connectivity index (χ4n) is 3.17. The normalized spacial score (nSPS) is 25.6. The number of carbonyl (C=O) groups excluding carboxylic acids is 1. The number of carbonyl (C=O) groups is 1. The van der Waals surface area contributed by atoms with Gasteiger partial charge in [0.1, 0.15) is 5.92 Å². The van der Waals surface area contributed by atoms with Gasteiger partial charge in [0, 0.05) is 5.56 Å². The van der Waals surface area contributed by atoms with E-state index in [1.165, 1.54) is 0 Å². The molecule has 0 aromatic heterocycles. The average Bonchev–Trinajstić information content (AvgIpc) is 2.62. The van der Waals surface area contributed by atoms with Crippen LogP contribution in [0.5, 0.6) is 0 Å². The van der Waals surface area contributed by atoms with E-state index >= 15 is 0 Å². The fraction of sp³-hybridized carbons (Fsp3) is 0.263. The zero-order valence-electron chi connectivity index (χ0n) is 13.8. The molecule has 25 heavy (non-hydrogen) atoms. The van der Waals surface area contributed by atoms with Crippen molar-refractivity contribution in [2.45, 2.75) is 18.7 Å². The molecule has 0 radical (unpaired) electrons. The van der Waals surface area contributed by atoms with E-state index in [2.05, 4.69) is 10.6 Å². The molecule has 0 amide bonds. The van der Waals surface area contributed by atoms with E-state index in [0.29, 0.717) is 5.56 Å². The van der Waals surface area contributed by atoms with Crippen LogP contribution in [0.2, 0.25) is 0 Å². The molecule has 2 aromatic rings. The average molecular weight is 356 g/mol. The number of esters is 1. The number of nitrogens with one attached hydrogen (secondary N) is 2. The summed E-state index contributed by atoms with van der Waals surface area (Å²) in [7, 11) is 0. The highest BCUT2D eigenvalue weighted by molar-refractivity contribution is 7.80. The molecule has 1 heterocycles. The highest BCUT2D eigenvalue weighted by atomic mass is 32.1. The first kappa shape index (κ1) is 17.4. The lowest BCUT2D eigenvalue weighted by Gasteiger charge is -2.45. The third-order valence-corrected chi connectivity index (χ3v) is 4.51. The van der Waals surface area contributed by atoms with Crippen molar-refractivity contribution in [1.82, 2.24) is 10.6 Å². The van der Waals surface area contributed by atoms with Crippen LogP contribution in [0.15, 0.2) is 60.7 Å². The van der Waals surface area contributed by atoms with Gasteiger partial charge in [-0.25, -0.2) is 0 Å². The van der Waals surface area contributed by atoms with Crippen molar-refractivity contribution in [2.24, 2.45) is 5.92 Å². The van der Waals surface area contributed by atoms with E-state index in [0.717, 1.165) is 5.56 Å². The minimum absolute atomic E-state index is 0.228. The Labute approximate surface area is 152 Å². The molecule has 1 aliphatic heterocycles. The zero-order chi connectivity index (χ0) is 17.9.